The molecule has 2 heterocycles. The van der Waals surface area contributed by atoms with Gasteiger partial charge in [-0.05, 0) is 37.3 Å². The Labute approximate surface area is 100 Å². The molecule has 0 atom stereocenters. The van der Waals surface area contributed by atoms with E-state index in [4.69, 9.17) is 0 Å². The molecule has 1 amide bonds. The lowest BCUT2D eigenvalue weighted by Crippen LogP contribution is -2.64. The van der Waals surface area contributed by atoms with Crippen molar-refractivity contribution < 1.29 is 9.90 Å². The Hall–Kier alpha value is -1.42. The molecule has 0 unspecified atom stereocenters. The molecule has 0 aromatic carbocycles. The van der Waals surface area contributed by atoms with Crippen molar-refractivity contribution in [3.8, 4) is 0 Å². The number of amides is 1. The largest absolute Gasteiger partial charge is 0.386 e. The van der Waals surface area contributed by atoms with Gasteiger partial charge in [0.2, 0.25) is 0 Å². The highest BCUT2D eigenvalue weighted by molar-refractivity contribution is 5.94. The van der Waals surface area contributed by atoms with Gasteiger partial charge in [0.1, 0.15) is 5.60 Å². The van der Waals surface area contributed by atoms with Crippen molar-refractivity contribution >= 4 is 5.91 Å². The number of aromatic nitrogens is 1. The fourth-order valence-corrected chi connectivity index (χ4v) is 2.49. The first-order valence-electron chi connectivity index (χ1n) is 6.02. The van der Waals surface area contributed by atoms with Crippen molar-refractivity contribution in [1.29, 1.82) is 0 Å². The summed E-state index contributed by atoms with van der Waals surface area (Å²) < 4.78 is 0. The normalized spacial score (nSPS) is 22.1. The van der Waals surface area contributed by atoms with Crippen LogP contribution in [-0.2, 0) is 0 Å². The smallest absolute Gasteiger partial charge is 0.255 e. The summed E-state index contributed by atoms with van der Waals surface area (Å²) >= 11 is 0. The summed E-state index contributed by atoms with van der Waals surface area (Å²) in [5, 5.41) is 10.2. The van der Waals surface area contributed by atoms with Crippen LogP contribution in [-0.4, -0.2) is 39.6 Å². The molecular weight excluding hydrogens is 216 g/mol. The zero-order valence-corrected chi connectivity index (χ0v) is 9.89. The van der Waals surface area contributed by atoms with Crippen molar-refractivity contribution in [3.05, 3.63) is 29.6 Å². The van der Waals surface area contributed by atoms with E-state index in [2.05, 4.69) is 4.98 Å². The molecule has 2 fully saturated rings. The molecular formula is C13H16N2O2. The molecule has 17 heavy (non-hydrogen) atoms. The molecule has 1 aromatic rings. The zero-order valence-electron chi connectivity index (χ0n) is 9.89. The minimum atomic E-state index is -0.604. The first-order chi connectivity index (χ1) is 8.08. The Kier molecular flexibility index (Phi) is 2.23. The number of carbonyl (C=O) groups is 1. The number of β-amino-alcohol motifs (C(OH)–C–C–N with tert-alkyl or cyclic N) is 1. The van der Waals surface area contributed by atoms with E-state index in [-0.39, 0.29) is 5.91 Å². The molecule has 4 nitrogen and oxygen atoms in total. The van der Waals surface area contributed by atoms with Crippen molar-refractivity contribution in [3.63, 3.8) is 0 Å². The Balaban J connectivity index is 1.69. The quantitative estimate of drug-likeness (QED) is 0.827. The molecule has 4 heteroatoms. The number of hydrogen-bond donors (Lipinski definition) is 1. The lowest BCUT2D eigenvalue weighted by Gasteiger charge is -2.47. The minimum Gasteiger partial charge on any atom is -0.386 e. The van der Waals surface area contributed by atoms with Crippen LogP contribution in [0.5, 0.6) is 0 Å². The highest BCUT2D eigenvalue weighted by Crippen LogP contribution is 2.44. The molecule has 1 saturated heterocycles. The van der Waals surface area contributed by atoms with Gasteiger partial charge in [-0.3, -0.25) is 9.78 Å². The summed E-state index contributed by atoms with van der Waals surface area (Å²) in [7, 11) is 0. The summed E-state index contributed by atoms with van der Waals surface area (Å²) in [6.07, 6.45) is 5.52. The van der Waals surface area contributed by atoms with Gasteiger partial charge in [0.25, 0.3) is 5.91 Å². The third kappa shape index (κ3) is 1.82. The van der Waals surface area contributed by atoms with Crippen LogP contribution in [0, 0.1) is 12.8 Å². The molecule has 1 aliphatic carbocycles. The maximum Gasteiger partial charge on any atom is 0.255 e. The van der Waals surface area contributed by atoms with Crippen molar-refractivity contribution in [2.75, 3.05) is 13.1 Å². The fraction of sp³-hybridized carbons (Fsp3) is 0.538. The second kappa shape index (κ2) is 3.53. The second-order valence-electron chi connectivity index (χ2n) is 5.29. The van der Waals surface area contributed by atoms with Gasteiger partial charge in [-0.25, -0.2) is 0 Å². The SMILES string of the molecule is Cc1cncc(C(=O)N2CC(O)(C3CC3)C2)c1. The molecule has 0 bridgehead atoms. The molecule has 1 N–H and O–H groups in total. The van der Waals surface area contributed by atoms with Gasteiger partial charge < -0.3 is 10.0 Å². The van der Waals surface area contributed by atoms with Crippen LogP contribution in [0.4, 0.5) is 0 Å². The van der Waals surface area contributed by atoms with Gasteiger partial charge in [0.15, 0.2) is 0 Å². The number of rotatable bonds is 2. The summed E-state index contributed by atoms with van der Waals surface area (Å²) in [5.41, 5.74) is 0.990. The van der Waals surface area contributed by atoms with Crippen LogP contribution >= 0.6 is 0 Å². The summed E-state index contributed by atoms with van der Waals surface area (Å²) in [4.78, 5) is 17.8. The molecule has 3 rings (SSSR count). The van der Waals surface area contributed by atoms with Gasteiger partial charge >= 0.3 is 0 Å². The van der Waals surface area contributed by atoms with Crippen LogP contribution < -0.4 is 0 Å². The van der Waals surface area contributed by atoms with Gasteiger partial charge in [-0.15, -0.1) is 0 Å². The number of likely N-dealkylation sites (tertiary alicyclic amines) is 1. The zero-order chi connectivity index (χ0) is 12.0. The Morgan fingerprint density at radius 3 is 2.76 bits per heavy atom. The fourth-order valence-electron chi connectivity index (χ4n) is 2.49. The lowest BCUT2D eigenvalue weighted by atomic mass is 9.88. The maximum absolute atomic E-state index is 12.1. The minimum absolute atomic E-state index is 0.0217. The van der Waals surface area contributed by atoms with E-state index < -0.39 is 5.60 Å². The monoisotopic (exact) mass is 232 g/mol. The highest BCUT2D eigenvalue weighted by atomic mass is 16.3. The third-order valence-electron chi connectivity index (χ3n) is 3.68. The first kappa shape index (κ1) is 10.7. The van der Waals surface area contributed by atoms with Crippen LogP contribution in [0.25, 0.3) is 0 Å². The van der Waals surface area contributed by atoms with Crippen LogP contribution in [0.3, 0.4) is 0 Å². The average molecular weight is 232 g/mol. The number of pyridine rings is 1. The number of hydrogen-bond acceptors (Lipinski definition) is 3. The second-order valence-corrected chi connectivity index (χ2v) is 5.29. The predicted molar refractivity (Wildman–Crippen MR) is 62.6 cm³/mol. The van der Waals surface area contributed by atoms with E-state index in [9.17, 15) is 9.90 Å². The Morgan fingerprint density at radius 2 is 2.18 bits per heavy atom. The first-order valence-corrected chi connectivity index (χ1v) is 6.02. The molecule has 0 radical (unpaired) electrons. The van der Waals surface area contributed by atoms with E-state index >= 15 is 0 Å². The van der Waals surface area contributed by atoms with E-state index in [1.165, 1.54) is 0 Å². The lowest BCUT2D eigenvalue weighted by molar-refractivity contribution is -0.0958. The van der Waals surface area contributed by atoms with E-state index in [0.717, 1.165) is 18.4 Å². The van der Waals surface area contributed by atoms with Crippen molar-refractivity contribution in [2.45, 2.75) is 25.4 Å². The topological polar surface area (TPSA) is 53.4 Å². The standard InChI is InChI=1S/C13H16N2O2/c1-9-4-10(6-14-5-9)12(16)15-7-13(17,8-15)11-2-3-11/h4-6,11,17H,2-3,7-8H2,1H3. The molecule has 1 saturated carbocycles. The molecule has 90 valence electrons. The van der Waals surface area contributed by atoms with Gasteiger partial charge in [-0.1, -0.05) is 0 Å². The summed E-state index contributed by atoms with van der Waals surface area (Å²) in [6.45, 7) is 2.87. The van der Waals surface area contributed by atoms with Gasteiger partial charge in [0.05, 0.1) is 18.7 Å². The Morgan fingerprint density at radius 1 is 1.47 bits per heavy atom. The van der Waals surface area contributed by atoms with Crippen molar-refractivity contribution in [2.24, 2.45) is 5.92 Å². The van der Waals surface area contributed by atoms with E-state index in [0.29, 0.717) is 24.6 Å². The Bertz CT molecular complexity index is 462. The third-order valence-corrected chi connectivity index (χ3v) is 3.68. The number of aliphatic hydroxyl groups is 1. The molecule has 1 aliphatic heterocycles. The van der Waals surface area contributed by atoms with E-state index in [1.54, 1.807) is 17.3 Å². The number of carbonyl (C=O) groups excluding carboxylic acids is 1. The summed E-state index contributed by atoms with van der Waals surface area (Å²) in [5.74, 6) is 0.397. The van der Waals surface area contributed by atoms with E-state index in [1.807, 2.05) is 13.0 Å². The van der Waals surface area contributed by atoms with Gasteiger partial charge in [0, 0.05) is 12.4 Å². The van der Waals surface area contributed by atoms with Crippen molar-refractivity contribution in [1.82, 2.24) is 9.88 Å². The molecule has 0 spiro atoms. The van der Waals surface area contributed by atoms with Crippen LogP contribution in [0.2, 0.25) is 0 Å². The molecule has 2 aliphatic rings. The summed E-state index contributed by atoms with van der Waals surface area (Å²) in [6, 6.07) is 1.84. The predicted octanol–water partition coefficient (Wildman–Crippen LogP) is 0.987. The number of nitrogens with zero attached hydrogens (tertiary/aromatic N) is 2. The van der Waals surface area contributed by atoms with Gasteiger partial charge in [-0.2, -0.15) is 0 Å². The molecule has 1 aromatic heterocycles. The maximum atomic E-state index is 12.1. The van der Waals surface area contributed by atoms with Crippen LogP contribution in [0.1, 0.15) is 28.8 Å². The highest BCUT2D eigenvalue weighted by Gasteiger charge is 2.53. The average Bonchev–Trinajstić information content (AvgIpc) is 3.08. The van der Waals surface area contributed by atoms with Crippen LogP contribution in [0.15, 0.2) is 18.5 Å². The number of aryl methyl sites for hydroxylation is 1.